The van der Waals surface area contributed by atoms with Gasteiger partial charge in [0.25, 0.3) is 0 Å². The second kappa shape index (κ2) is 10.5. The number of rotatable bonds is 9. The number of aryl methyl sites for hydroxylation is 1. The van der Waals surface area contributed by atoms with E-state index in [1.165, 1.54) is 25.7 Å². The number of ether oxygens (including phenoxy) is 2. The average molecular weight is 454 g/mol. The molecule has 32 heavy (non-hydrogen) atoms. The third-order valence-corrected chi connectivity index (χ3v) is 6.85. The van der Waals surface area contributed by atoms with Gasteiger partial charge in [-0.15, -0.1) is 11.8 Å². The fourth-order valence-electron chi connectivity index (χ4n) is 3.74. The van der Waals surface area contributed by atoms with Gasteiger partial charge in [0.15, 0.2) is 11.5 Å². The Balaban J connectivity index is 1.35. The van der Waals surface area contributed by atoms with E-state index in [4.69, 9.17) is 14.0 Å². The largest absolute Gasteiger partial charge is 0.493 e. The van der Waals surface area contributed by atoms with Crippen molar-refractivity contribution in [3.8, 4) is 22.9 Å². The number of benzene rings is 2. The maximum atomic E-state index is 12.6. The number of para-hydroxylation sites is 1. The van der Waals surface area contributed by atoms with Crippen molar-refractivity contribution in [1.82, 2.24) is 10.1 Å². The smallest absolute Gasteiger partial charge is 0.227 e. The van der Waals surface area contributed by atoms with E-state index in [2.05, 4.69) is 21.5 Å². The molecule has 4 rings (SSSR count). The van der Waals surface area contributed by atoms with Gasteiger partial charge in [-0.3, -0.25) is 4.79 Å². The van der Waals surface area contributed by atoms with Crippen LogP contribution in [0.15, 0.2) is 51.9 Å². The quantitative estimate of drug-likeness (QED) is 0.467. The highest BCUT2D eigenvalue weighted by Crippen LogP contribution is 2.38. The molecule has 0 aliphatic heterocycles. The molecule has 2 aromatic carbocycles. The van der Waals surface area contributed by atoms with Gasteiger partial charge in [0.05, 0.1) is 19.9 Å². The van der Waals surface area contributed by atoms with E-state index in [1.807, 2.05) is 36.0 Å². The number of anilines is 1. The summed E-state index contributed by atoms with van der Waals surface area (Å²) in [5, 5.41) is 7.71. The van der Waals surface area contributed by atoms with Crippen LogP contribution < -0.4 is 14.8 Å². The molecule has 168 valence electrons. The Morgan fingerprint density at radius 2 is 1.91 bits per heavy atom. The molecule has 1 N–H and O–H groups in total. The zero-order chi connectivity index (χ0) is 22.3. The summed E-state index contributed by atoms with van der Waals surface area (Å²) >= 11 is 1.87. The van der Waals surface area contributed by atoms with Gasteiger partial charge in [0, 0.05) is 28.6 Å². The van der Waals surface area contributed by atoms with E-state index in [9.17, 15) is 4.79 Å². The number of carbonyl (C=O) groups excluding carboxylic acids is 1. The Morgan fingerprint density at radius 1 is 1.12 bits per heavy atom. The van der Waals surface area contributed by atoms with Crippen LogP contribution in [0, 0.1) is 0 Å². The van der Waals surface area contributed by atoms with Crippen LogP contribution in [0.2, 0.25) is 0 Å². The molecule has 0 unspecified atom stereocenters. The third kappa shape index (κ3) is 5.43. The van der Waals surface area contributed by atoms with Gasteiger partial charge < -0.3 is 19.3 Å². The van der Waals surface area contributed by atoms with Crippen molar-refractivity contribution >= 4 is 23.4 Å². The molecule has 1 heterocycles. The summed E-state index contributed by atoms with van der Waals surface area (Å²) in [6.45, 7) is 0. The molecule has 8 heteroatoms. The molecule has 1 saturated carbocycles. The normalized spacial score (nSPS) is 13.8. The number of nitrogens with one attached hydrogen (secondary N) is 1. The molecule has 1 aliphatic rings. The van der Waals surface area contributed by atoms with E-state index < -0.39 is 0 Å². The molecular weight excluding hydrogens is 426 g/mol. The first kappa shape index (κ1) is 22.2. The Labute approximate surface area is 191 Å². The first-order chi connectivity index (χ1) is 15.7. The zero-order valence-corrected chi connectivity index (χ0v) is 19.1. The number of carbonyl (C=O) groups is 1. The lowest BCUT2D eigenvalue weighted by molar-refractivity contribution is -0.116. The molecule has 0 bridgehead atoms. The number of amides is 1. The summed E-state index contributed by atoms with van der Waals surface area (Å²) in [4.78, 5) is 18.1. The lowest BCUT2D eigenvalue weighted by Crippen LogP contribution is -2.13. The average Bonchev–Trinajstić information content (AvgIpc) is 3.51. The minimum Gasteiger partial charge on any atom is -0.493 e. The van der Waals surface area contributed by atoms with Crippen LogP contribution in [0.4, 0.5) is 5.69 Å². The van der Waals surface area contributed by atoms with Crippen LogP contribution in [0.3, 0.4) is 0 Å². The van der Waals surface area contributed by atoms with Crippen LogP contribution in [0.1, 0.15) is 38.0 Å². The minimum absolute atomic E-state index is 0.0738. The summed E-state index contributed by atoms with van der Waals surface area (Å²) in [5.41, 5.74) is 1.62. The molecule has 3 aromatic rings. The van der Waals surface area contributed by atoms with Crippen molar-refractivity contribution in [1.29, 1.82) is 0 Å². The summed E-state index contributed by atoms with van der Waals surface area (Å²) in [7, 11) is 3.16. The second-order valence-corrected chi connectivity index (χ2v) is 8.99. The maximum Gasteiger partial charge on any atom is 0.227 e. The Hall–Kier alpha value is -3.00. The molecule has 1 fully saturated rings. The Kier molecular flexibility index (Phi) is 7.32. The van der Waals surface area contributed by atoms with Crippen molar-refractivity contribution in [2.24, 2.45) is 0 Å². The van der Waals surface area contributed by atoms with Crippen LogP contribution in [-0.4, -0.2) is 35.5 Å². The highest BCUT2D eigenvalue weighted by Gasteiger charge is 2.18. The van der Waals surface area contributed by atoms with Gasteiger partial charge in [-0.05, 0) is 43.2 Å². The van der Waals surface area contributed by atoms with Gasteiger partial charge in [-0.2, -0.15) is 4.98 Å². The summed E-state index contributed by atoms with van der Waals surface area (Å²) in [6.07, 6.45) is 5.70. The zero-order valence-electron chi connectivity index (χ0n) is 18.3. The summed E-state index contributed by atoms with van der Waals surface area (Å²) < 4.78 is 15.9. The van der Waals surface area contributed by atoms with Crippen molar-refractivity contribution in [3.05, 3.63) is 48.4 Å². The summed E-state index contributed by atoms with van der Waals surface area (Å²) in [5.74, 6) is 2.00. The highest BCUT2D eigenvalue weighted by molar-refractivity contribution is 8.00. The number of hydrogen-bond donors (Lipinski definition) is 1. The monoisotopic (exact) mass is 453 g/mol. The topological polar surface area (TPSA) is 86.5 Å². The standard InChI is InChI=1S/C24H27N3O4S/c1-29-19-12-11-16(15-20(19)30-2)24-26-23(31-27-24)14-13-22(28)25-18-9-5-6-10-21(18)32-17-7-3-4-8-17/h5-6,9-12,15,17H,3-4,7-8,13-14H2,1-2H3,(H,25,28). The van der Waals surface area contributed by atoms with Gasteiger partial charge in [0.1, 0.15) is 0 Å². The van der Waals surface area contributed by atoms with E-state index in [0.717, 1.165) is 16.1 Å². The van der Waals surface area contributed by atoms with Crippen molar-refractivity contribution in [2.45, 2.75) is 48.7 Å². The SMILES string of the molecule is COc1ccc(-c2noc(CCC(=O)Nc3ccccc3SC3CCCC3)n2)cc1OC. The van der Waals surface area contributed by atoms with Crippen LogP contribution >= 0.6 is 11.8 Å². The molecule has 1 aliphatic carbocycles. The first-order valence-corrected chi connectivity index (χ1v) is 11.6. The lowest BCUT2D eigenvalue weighted by Gasteiger charge is -2.13. The fraction of sp³-hybridized carbons (Fsp3) is 0.375. The Bertz CT molecular complexity index is 1060. The highest BCUT2D eigenvalue weighted by atomic mass is 32.2. The van der Waals surface area contributed by atoms with E-state index in [-0.39, 0.29) is 12.3 Å². The lowest BCUT2D eigenvalue weighted by atomic mass is 10.2. The van der Waals surface area contributed by atoms with Crippen molar-refractivity contribution in [3.63, 3.8) is 0 Å². The van der Waals surface area contributed by atoms with Crippen molar-refractivity contribution < 1.29 is 18.8 Å². The molecule has 0 radical (unpaired) electrons. The van der Waals surface area contributed by atoms with Crippen LogP contribution in [0.25, 0.3) is 11.4 Å². The molecule has 1 amide bonds. The molecule has 0 atom stereocenters. The van der Waals surface area contributed by atoms with E-state index in [0.29, 0.717) is 34.9 Å². The summed E-state index contributed by atoms with van der Waals surface area (Å²) in [6, 6.07) is 13.4. The van der Waals surface area contributed by atoms with Crippen molar-refractivity contribution in [2.75, 3.05) is 19.5 Å². The van der Waals surface area contributed by atoms with E-state index in [1.54, 1.807) is 26.4 Å². The van der Waals surface area contributed by atoms with Gasteiger partial charge in [0.2, 0.25) is 17.6 Å². The molecule has 0 saturated heterocycles. The Morgan fingerprint density at radius 3 is 2.69 bits per heavy atom. The molecular formula is C24H27N3O4S. The molecule has 0 spiro atoms. The minimum atomic E-state index is -0.0738. The molecule has 1 aromatic heterocycles. The third-order valence-electron chi connectivity index (χ3n) is 5.43. The van der Waals surface area contributed by atoms with E-state index >= 15 is 0 Å². The predicted octanol–water partition coefficient (Wildman–Crippen LogP) is 5.36. The molecule has 7 nitrogen and oxygen atoms in total. The van der Waals surface area contributed by atoms with Gasteiger partial charge >= 0.3 is 0 Å². The first-order valence-electron chi connectivity index (χ1n) is 10.8. The number of nitrogens with zero attached hydrogens (tertiary/aromatic N) is 2. The number of thioether (sulfide) groups is 1. The van der Waals surface area contributed by atoms with Gasteiger partial charge in [-0.1, -0.05) is 30.1 Å². The predicted molar refractivity (Wildman–Crippen MR) is 124 cm³/mol. The number of aromatic nitrogens is 2. The van der Waals surface area contributed by atoms with Crippen LogP contribution in [-0.2, 0) is 11.2 Å². The second-order valence-electron chi connectivity index (χ2n) is 7.65. The maximum absolute atomic E-state index is 12.6. The number of methoxy groups -OCH3 is 2. The van der Waals surface area contributed by atoms with Crippen LogP contribution in [0.5, 0.6) is 11.5 Å². The van der Waals surface area contributed by atoms with Gasteiger partial charge in [-0.25, -0.2) is 0 Å². The number of hydrogen-bond acceptors (Lipinski definition) is 7. The fourth-order valence-corrected chi connectivity index (χ4v) is 5.07.